The number of rotatable bonds is 9. The maximum absolute atomic E-state index is 9.02. The first-order valence-corrected chi connectivity index (χ1v) is 11.1. The van der Waals surface area contributed by atoms with Gasteiger partial charge in [-0.05, 0) is 48.6 Å². The van der Waals surface area contributed by atoms with E-state index in [-0.39, 0.29) is 0 Å². The van der Waals surface area contributed by atoms with Crippen LogP contribution in [0.25, 0.3) is 0 Å². The zero-order valence-electron chi connectivity index (χ0n) is 19.0. The molecule has 0 aliphatic heterocycles. The maximum atomic E-state index is 9.02. The summed E-state index contributed by atoms with van der Waals surface area (Å²) in [6.45, 7) is 6.14. The lowest BCUT2D eigenvalue weighted by Gasteiger charge is -2.22. The molecule has 0 unspecified atom stereocenters. The van der Waals surface area contributed by atoms with Gasteiger partial charge in [-0.2, -0.15) is 5.26 Å². The van der Waals surface area contributed by atoms with E-state index >= 15 is 0 Å². The van der Waals surface area contributed by atoms with Gasteiger partial charge in [-0.15, -0.1) is 10.2 Å². The fourth-order valence-electron chi connectivity index (χ4n) is 3.55. The van der Waals surface area contributed by atoms with E-state index in [1.54, 1.807) is 6.33 Å². The Kier molecular flexibility index (Phi) is 7.06. The Morgan fingerprint density at radius 3 is 2.30 bits per heavy atom. The van der Waals surface area contributed by atoms with Crippen LogP contribution in [0.2, 0.25) is 0 Å². The summed E-state index contributed by atoms with van der Waals surface area (Å²) in [5.74, 6) is 1.53. The van der Waals surface area contributed by atoms with E-state index in [9.17, 15) is 0 Å². The average molecular weight is 438 g/mol. The van der Waals surface area contributed by atoms with Gasteiger partial charge in [0.2, 0.25) is 5.95 Å². The summed E-state index contributed by atoms with van der Waals surface area (Å²) in [5.41, 5.74) is 5.38. The number of nitrogens with zero attached hydrogens (tertiary/aromatic N) is 7. The van der Waals surface area contributed by atoms with Gasteiger partial charge in [-0.1, -0.05) is 48.9 Å². The minimum Gasteiger partial charge on any atom is -0.333 e. The molecule has 0 aliphatic rings. The van der Waals surface area contributed by atoms with E-state index in [0.29, 0.717) is 24.6 Å². The zero-order valence-corrected chi connectivity index (χ0v) is 19.0. The normalized spacial score (nSPS) is 10.7. The van der Waals surface area contributed by atoms with Gasteiger partial charge in [-0.3, -0.25) is 0 Å². The minimum atomic E-state index is 0.549. The van der Waals surface area contributed by atoms with Crippen LogP contribution in [0.4, 0.5) is 5.95 Å². The number of benzene rings is 2. The van der Waals surface area contributed by atoms with Crippen molar-refractivity contribution in [3.05, 3.63) is 101 Å². The summed E-state index contributed by atoms with van der Waals surface area (Å²) in [7, 11) is 0. The smallest absolute Gasteiger partial charge is 0.225 e. The van der Waals surface area contributed by atoms with Crippen LogP contribution < -0.4 is 4.90 Å². The van der Waals surface area contributed by atoms with E-state index in [4.69, 9.17) is 5.26 Å². The fourth-order valence-corrected chi connectivity index (χ4v) is 3.55. The summed E-state index contributed by atoms with van der Waals surface area (Å²) in [4.78, 5) is 11.4. The molecule has 7 nitrogen and oxygen atoms in total. The van der Waals surface area contributed by atoms with E-state index < -0.39 is 0 Å². The van der Waals surface area contributed by atoms with Crippen molar-refractivity contribution in [2.24, 2.45) is 0 Å². The molecule has 0 spiro atoms. The lowest BCUT2D eigenvalue weighted by Crippen LogP contribution is -2.29. The van der Waals surface area contributed by atoms with Crippen molar-refractivity contribution >= 4 is 5.95 Å². The molecule has 0 fully saturated rings. The lowest BCUT2D eigenvalue weighted by molar-refractivity contribution is 0.665. The molecule has 0 saturated heterocycles. The Morgan fingerprint density at radius 1 is 0.939 bits per heavy atom. The third-order valence-corrected chi connectivity index (χ3v) is 5.64. The number of aryl methyl sites for hydroxylation is 2. The van der Waals surface area contributed by atoms with Gasteiger partial charge in [-0.25, -0.2) is 9.97 Å². The van der Waals surface area contributed by atoms with Gasteiger partial charge in [0.15, 0.2) is 5.82 Å². The molecule has 0 radical (unpaired) electrons. The molecule has 33 heavy (non-hydrogen) atoms. The van der Waals surface area contributed by atoms with Crippen molar-refractivity contribution < 1.29 is 0 Å². The van der Waals surface area contributed by atoms with Crippen LogP contribution in [0.15, 0.2) is 67.3 Å². The summed E-state index contributed by atoms with van der Waals surface area (Å²) in [6, 6.07) is 18.4. The van der Waals surface area contributed by atoms with E-state index in [0.717, 1.165) is 36.3 Å². The molecule has 0 amide bonds. The number of nitriles is 1. The van der Waals surface area contributed by atoms with Gasteiger partial charge in [0, 0.05) is 18.9 Å². The van der Waals surface area contributed by atoms with E-state index in [1.807, 2.05) is 41.2 Å². The molecule has 0 atom stereocenters. The Labute approximate surface area is 194 Å². The highest BCUT2D eigenvalue weighted by atomic mass is 15.3. The van der Waals surface area contributed by atoms with Crippen molar-refractivity contribution in [3.63, 3.8) is 0 Å². The van der Waals surface area contributed by atoms with Crippen LogP contribution in [0.1, 0.15) is 40.6 Å². The highest BCUT2D eigenvalue weighted by Crippen LogP contribution is 2.15. The molecule has 2 aromatic heterocycles. The van der Waals surface area contributed by atoms with Crippen LogP contribution in [0.3, 0.4) is 0 Å². The lowest BCUT2D eigenvalue weighted by atomic mass is 10.1. The second-order valence-electron chi connectivity index (χ2n) is 8.09. The summed E-state index contributed by atoms with van der Waals surface area (Å²) in [6.07, 6.45) is 7.31. The molecular weight excluding hydrogens is 410 g/mol. The first kappa shape index (κ1) is 22.2. The number of hydrogen-bond acceptors (Lipinski definition) is 6. The van der Waals surface area contributed by atoms with E-state index in [2.05, 4.69) is 69.2 Å². The third-order valence-electron chi connectivity index (χ3n) is 5.64. The summed E-state index contributed by atoms with van der Waals surface area (Å²) < 4.78 is 2.03. The fraction of sp³-hybridized carbons (Fsp3) is 0.269. The maximum Gasteiger partial charge on any atom is 0.225 e. The molecule has 0 aliphatic carbocycles. The minimum absolute atomic E-state index is 0.549. The Balaban J connectivity index is 1.53. The Bertz CT molecular complexity index is 1200. The molecule has 7 heteroatoms. The quantitative estimate of drug-likeness (QED) is 0.392. The first-order chi connectivity index (χ1) is 16.1. The number of anilines is 1. The van der Waals surface area contributed by atoms with Gasteiger partial charge < -0.3 is 9.47 Å². The van der Waals surface area contributed by atoms with Gasteiger partial charge in [0.1, 0.15) is 6.33 Å². The zero-order chi connectivity index (χ0) is 23.0. The van der Waals surface area contributed by atoms with E-state index in [1.165, 1.54) is 11.1 Å². The SMILES string of the molecule is CCc1cnc(N(CCc2ccc(C)cc2)Cc2nncn2Cc2ccc(C#N)cc2)nc1. The first-order valence-electron chi connectivity index (χ1n) is 11.1. The molecule has 4 aromatic rings. The Hall–Kier alpha value is -4.05. The van der Waals surface area contributed by atoms with Crippen molar-refractivity contribution in [1.29, 1.82) is 5.26 Å². The van der Waals surface area contributed by atoms with Crippen LogP contribution >= 0.6 is 0 Å². The second-order valence-corrected chi connectivity index (χ2v) is 8.09. The predicted molar refractivity (Wildman–Crippen MR) is 128 cm³/mol. The molecular formula is C26H27N7. The summed E-state index contributed by atoms with van der Waals surface area (Å²) >= 11 is 0. The monoisotopic (exact) mass is 437 g/mol. The molecule has 166 valence electrons. The van der Waals surface area contributed by atoms with Crippen molar-refractivity contribution in [2.45, 2.75) is 39.8 Å². The molecule has 2 aromatic carbocycles. The summed E-state index contributed by atoms with van der Waals surface area (Å²) in [5, 5.41) is 17.5. The standard InChI is InChI=1S/C26H27N7/c1-3-21-15-28-26(29-16-21)32(13-12-22-6-4-20(2)5-7-22)18-25-31-30-19-33(25)17-24-10-8-23(14-27)9-11-24/h4-11,15-16,19H,3,12-13,17-18H2,1-2H3. The molecule has 4 rings (SSSR count). The van der Waals surface area contributed by atoms with Crippen molar-refractivity contribution in [1.82, 2.24) is 24.7 Å². The molecule has 0 bridgehead atoms. The van der Waals surface area contributed by atoms with Crippen LogP contribution in [0, 0.1) is 18.3 Å². The topological polar surface area (TPSA) is 83.5 Å². The van der Waals surface area contributed by atoms with Crippen LogP contribution in [-0.2, 0) is 25.9 Å². The van der Waals surface area contributed by atoms with Gasteiger partial charge >= 0.3 is 0 Å². The number of hydrogen-bond donors (Lipinski definition) is 0. The molecule has 0 saturated carbocycles. The highest BCUT2D eigenvalue weighted by molar-refractivity contribution is 5.33. The molecule has 2 heterocycles. The third kappa shape index (κ3) is 5.80. The predicted octanol–water partition coefficient (Wildman–Crippen LogP) is 4.11. The van der Waals surface area contributed by atoms with Crippen LogP contribution in [0.5, 0.6) is 0 Å². The van der Waals surface area contributed by atoms with Crippen molar-refractivity contribution in [2.75, 3.05) is 11.4 Å². The Morgan fingerprint density at radius 2 is 1.64 bits per heavy atom. The van der Waals surface area contributed by atoms with Crippen LogP contribution in [-0.4, -0.2) is 31.3 Å². The highest BCUT2D eigenvalue weighted by Gasteiger charge is 2.15. The largest absolute Gasteiger partial charge is 0.333 e. The van der Waals surface area contributed by atoms with Crippen molar-refractivity contribution in [3.8, 4) is 6.07 Å². The van der Waals surface area contributed by atoms with Gasteiger partial charge in [0.25, 0.3) is 0 Å². The van der Waals surface area contributed by atoms with Gasteiger partial charge in [0.05, 0.1) is 24.7 Å². The molecule has 0 N–H and O–H groups in total. The second kappa shape index (κ2) is 10.5. The average Bonchev–Trinajstić information content (AvgIpc) is 3.29. The number of aromatic nitrogens is 5.